The fraction of sp³-hybridized carbons (Fsp3) is 0.846. The first-order valence-electron chi connectivity index (χ1n) is 6.90. The zero-order valence-electron chi connectivity index (χ0n) is 12.3. The number of hydrogen-bond acceptors (Lipinski definition) is 2. The number of carbonyl (C=O) groups excluding carboxylic acids is 1. The summed E-state index contributed by atoms with van der Waals surface area (Å²) in [4.78, 5) is 23.9. The highest BCUT2D eigenvalue weighted by molar-refractivity contribution is 5.80. The van der Waals surface area contributed by atoms with Gasteiger partial charge in [-0.25, -0.2) is 4.79 Å². The zero-order chi connectivity index (χ0) is 16.4. The van der Waals surface area contributed by atoms with E-state index in [0.717, 1.165) is 11.3 Å². The van der Waals surface area contributed by atoms with Crippen LogP contribution < -0.4 is 5.32 Å². The minimum atomic E-state index is -4.88. The van der Waals surface area contributed by atoms with Crippen LogP contribution in [-0.4, -0.2) is 47.3 Å². The Morgan fingerprint density at radius 2 is 1.95 bits per heavy atom. The van der Waals surface area contributed by atoms with Crippen molar-refractivity contribution in [2.75, 3.05) is 13.1 Å². The Hall–Kier alpha value is -1.47. The molecule has 1 rings (SSSR count). The maximum absolute atomic E-state index is 13.0. The number of alkyl halides is 3. The second kappa shape index (κ2) is 6.11. The number of carboxylic acids is 1. The third-order valence-corrected chi connectivity index (χ3v) is 4.36. The van der Waals surface area contributed by atoms with Crippen LogP contribution in [0.1, 0.15) is 33.6 Å². The van der Waals surface area contributed by atoms with Crippen molar-refractivity contribution in [3.05, 3.63) is 0 Å². The molecule has 2 N–H and O–H groups in total. The zero-order valence-corrected chi connectivity index (χ0v) is 12.3. The molecule has 0 aromatic rings. The van der Waals surface area contributed by atoms with Gasteiger partial charge in [0.25, 0.3) is 0 Å². The van der Waals surface area contributed by atoms with Crippen LogP contribution in [0.25, 0.3) is 0 Å². The van der Waals surface area contributed by atoms with Crippen molar-refractivity contribution in [1.29, 1.82) is 0 Å². The lowest BCUT2D eigenvalue weighted by Gasteiger charge is -2.28. The standard InChI is InChI=1S/C13H21F3N2O3/c1-4-8(2)9(3)17-11(21)18-6-5-12(7-18,10(19)20)13(14,15)16/h8-9H,4-7H2,1-3H3,(H,17,21)(H,19,20). The minimum Gasteiger partial charge on any atom is -0.481 e. The number of halogens is 3. The summed E-state index contributed by atoms with van der Waals surface area (Å²) >= 11 is 0. The molecule has 0 radical (unpaired) electrons. The van der Waals surface area contributed by atoms with E-state index in [4.69, 9.17) is 5.11 Å². The van der Waals surface area contributed by atoms with Crippen molar-refractivity contribution >= 4 is 12.0 Å². The molecule has 1 saturated heterocycles. The van der Waals surface area contributed by atoms with Crippen LogP contribution in [0.15, 0.2) is 0 Å². The van der Waals surface area contributed by atoms with Gasteiger partial charge in [-0.15, -0.1) is 0 Å². The molecule has 1 aliphatic rings. The van der Waals surface area contributed by atoms with E-state index in [1.165, 1.54) is 0 Å². The summed E-state index contributed by atoms with van der Waals surface area (Å²) in [6.07, 6.45) is -4.67. The molecule has 122 valence electrons. The lowest BCUT2D eigenvalue weighted by Crippen LogP contribution is -2.50. The van der Waals surface area contributed by atoms with E-state index in [-0.39, 0.29) is 18.5 Å². The van der Waals surface area contributed by atoms with Gasteiger partial charge in [-0.1, -0.05) is 20.3 Å². The molecule has 3 atom stereocenters. The number of amides is 2. The maximum atomic E-state index is 13.0. The number of aliphatic carboxylic acids is 1. The Morgan fingerprint density at radius 3 is 2.33 bits per heavy atom. The molecule has 1 aliphatic heterocycles. The fourth-order valence-electron chi connectivity index (χ4n) is 2.29. The van der Waals surface area contributed by atoms with Crippen LogP contribution in [0, 0.1) is 11.3 Å². The third-order valence-electron chi connectivity index (χ3n) is 4.36. The number of rotatable bonds is 4. The number of nitrogens with zero attached hydrogens (tertiary/aromatic N) is 1. The quantitative estimate of drug-likeness (QED) is 0.838. The van der Waals surface area contributed by atoms with E-state index in [1.54, 1.807) is 6.92 Å². The van der Waals surface area contributed by atoms with Gasteiger partial charge in [0.1, 0.15) is 0 Å². The number of carboxylic acid groups (broad SMARTS) is 1. The average molecular weight is 310 g/mol. The first kappa shape index (κ1) is 17.6. The van der Waals surface area contributed by atoms with Crippen LogP contribution in [0.2, 0.25) is 0 Å². The van der Waals surface area contributed by atoms with E-state index < -0.39 is 36.6 Å². The van der Waals surface area contributed by atoms with Gasteiger partial charge < -0.3 is 15.3 Å². The Balaban J connectivity index is 2.77. The molecule has 5 nitrogen and oxygen atoms in total. The molecular weight excluding hydrogens is 289 g/mol. The van der Waals surface area contributed by atoms with Gasteiger partial charge >= 0.3 is 18.2 Å². The molecule has 0 bridgehead atoms. The van der Waals surface area contributed by atoms with Crippen LogP contribution in [0.4, 0.5) is 18.0 Å². The number of urea groups is 1. The van der Waals surface area contributed by atoms with Gasteiger partial charge in [0.05, 0.1) is 0 Å². The normalized spacial score (nSPS) is 25.5. The van der Waals surface area contributed by atoms with Gasteiger partial charge in [-0.05, 0) is 19.3 Å². The first-order valence-corrected chi connectivity index (χ1v) is 6.90. The van der Waals surface area contributed by atoms with Gasteiger partial charge in [0, 0.05) is 19.1 Å². The second-order valence-electron chi connectivity index (χ2n) is 5.68. The molecule has 3 unspecified atom stereocenters. The molecule has 0 aliphatic carbocycles. The predicted molar refractivity (Wildman–Crippen MR) is 69.8 cm³/mol. The fourth-order valence-corrected chi connectivity index (χ4v) is 2.29. The van der Waals surface area contributed by atoms with Crippen molar-refractivity contribution in [3.63, 3.8) is 0 Å². The van der Waals surface area contributed by atoms with Gasteiger partial charge in [-0.2, -0.15) is 13.2 Å². The summed E-state index contributed by atoms with van der Waals surface area (Å²) in [7, 11) is 0. The minimum absolute atomic E-state index is 0.184. The molecule has 1 heterocycles. The summed E-state index contributed by atoms with van der Waals surface area (Å²) in [5.41, 5.74) is -2.86. The van der Waals surface area contributed by atoms with Crippen LogP contribution >= 0.6 is 0 Å². The molecule has 8 heteroatoms. The van der Waals surface area contributed by atoms with Crippen LogP contribution in [0.5, 0.6) is 0 Å². The smallest absolute Gasteiger partial charge is 0.406 e. The summed E-state index contributed by atoms with van der Waals surface area (Å²) < 4.78 is 39.0. The highest BCUT2D eigenvalue weighted by Crippen LogP contribution is 2.45. The monoisotopic (exact) mass is 310 g/mol. The Kier molecular flexibility index (Phi) is 5.11. The topological polar surface area (TPSA) is 69.6 Å². The third kappa shape index (κ3) is 3.41. The van der Waals surface area contributed by atoms with Crippen LogP contribution in [0.3, 0.4) is 0 Å². The van der Waals surface area contributed by atoms with Crippen LogP contribution in [-0.2, 0) is 4.79 Å². The Bertz CT molecular complexity index is 414. The SMILES string of the molecule is CCC(C)C(C)NC(=O)N1CCC(C(=O)O)(C(F)(F)F)C1. The maximum Gasteiger partial charge on any atom is 0.406 e. The van der Waals surface area contributed by atoms with Gasteiger partial charge in [-0.3, -0.25) is 4.79 Å². The molecule has 0 saturated carbocycles. The average Bonchev–Trinajstić information content (AvgIpc) is 2.83. The second-order valence-corrected chi connectivity index (χ2v) is 5.68. The van der Waals surface area contributed by atoms with Crippen molar-refractivity contribution < 1.29 is 27.9 Å². The van der Waals surface area contributed by atoms with E-state index in [0.29, 0.717) is 0 Å². The van der Waals surface area contributed by atoms with Crippen molar-refractivity contribution in [2.45, 2.75) is 45.8 Å². The van der Waals surface area contributed by atoms with Crippen molar-refractivity contribution in [1.82, 2.24) is 10.2 Å². The molecule has 21 heavy (non-hydrogen) atoms. The highest BCUT2D eigenvalue weighted by atomic mass is 19.4. The van der Waals surface area contributed by atoms with Crippen molar-refractivity contribution in [3.8, 4) is 0 Å². The number of nitrogens with one attached hydrogen (secondary N) is 1. The summed E-state index contributed by atoms with van der Waals surface area (Å²) in [5.74, 6) is -1.75. The first-order chi connectivity index (χ1) is 9.55. The molecular formula is C13H21F3N2O3. The summed E-state index contributed by atoms with van der Waals surface area (Å²) in [5, 5.41) is 11.6. The van der Waals surface area contributed by atoms with Crippen molar-refractivity contribution in [2.24, 2.45) is 11.3 Å². The largest absolute Gasteiger partial charge is 0.481 e. The molecule has 1 fully saturated rings. The number of likely N-dealkylation sites (tertiary alicyclic amines) is 1. The van der Waals surface area contributed by atoms with E-state index >= 15 is 0 Å². The molecule has 0 aromatic carbocycles. The Morgan fingerprint density at radius 1 is 1.38 bits per heavy atom. The van der Waals surface area contributed by atoms with E-state index in [9.17, 15) is 22.8 Å². The predicted octanol–water partition coefficient (Wildman–Crippen LogP) is 2.47. The highest BCUT2D eigenvalue weighted by Gasteiger charge is 2.64. The van der Waals surface area contributed by atoms with Gasteiger partial charge in [0.2, 0.25) is 0 Å². The van der Waals surface area contributed by atoms with Gasteiger partial charge in [0.15, 0.2) is 5.41 Å². The number of carbonyl (C=O) groups is 2. The molecule has 0 aromatic heterocycles. The lowest BCUT2D eigenvalue weighted by molar-refractivity contribution is -0.226. The molecule has 0 spiro atoms. The number of hydrogen-bond donors (Lipinski definition) is 2. The van der Waals surface area contributed by atoms with E-state index in [2.05, 4.69) is 5.32 Å². The lowest BCUT2D eigenvalue weighted by atomic mass is 9.86. The Labute approximate surface area is 121 Å². The molecule has 2 amide bonds. The summed E-state index contributed by atoms with van der Waals surface area (Å²) in [6.45, 7) is 4.58. The summed E-state index contributed by atoms with van der Waals surface area (Å²) in [6, 6.07) is -0.830. The van der Waals surface area contributed by atoms with E-state index in [1.807, 2.05) is 13.8 Å².